The lowest BCUT2D eigenvalue weighted by atomic mass is 9.95. The number of anilines is 1. The van der Waals surface area contributed by atoms with Gasteiger partial charge in [-0.25, -0.2) is 4.98 Å². The number of rotatable bonds is 3. The van der Waals surface area contributed by atoms with E-state index in [0.717, 1.165) is 42.0 Å². The monoisotopic (exact) mass is 234 g/mol. The fourth-order valence-corrected chi connectivity index (χ4v) is 2.46. The maximum atomic E-state index is 9.14. The molecule has 0 saturated carbocycles. The van der Waals surface area contributed by atoms with E-state index in [9.17, 15) is 0 Å². The van der Waals surface area contributed by atoms with Gasteiger partial charge >= 0.3 is 0 Å². The second-order valence-corrected chi connectivity index (χ2v) is 5.31. The van der Waals surface area contributed by atoms with Gasteiger partial charge in [0, 0.05) is 18.8 Å². The molecule has 0 aliphatic carbocycles. The summed E-state index contributed by atoms with van der Waals surface area (Å²) in [7, 11) is 0. The van der Waals surface area contributed by atoms with Gasteiger partial charge in [0.25, 0.3) is 0 Å². The molecule has 1 unspecified atom stereocenters. The Kier molecular flexibility index (Phi) is 3.67. The van der Waals surface area contributed by atoms with Crippen molar-refractivity contribution in [1.29, 1.82) is 0 Å². The van der Waals surface area contributed by atoms with Crippen molar-refractivity contribution < 1.29 is 5.11 Å². The minimum Gasteiger partial charge on any atom is -0.392 e. The van der Waals surface area contributed by atoms with E-state index in [1.807, 2.05) is 19.1 Å². The Morgan fingerprint density at radius 1 is 1.47 bits per heavy atom. The zero-order valence-electron chi connectivity index (χ0n) is 11.0. The largest absolute Gasteiger partial charge is 0.392 e. The maximum Gasteiger partial charge on any atom is 0.128 e. The summed E-state index contributed by atoms with van der Waals surface area (Å²) in [5, 5.41) is 9.14. The molecule has 2 heterocycles. The molecule has 17 heavy (non-hydrogen) atoms. The van der Waals surface area contributed by atoms with Gasteiger partial charge in [-0.2, -0.15) is 0 Å². The summed E-state index contributed by atoms with van der Waals surface area (Å²) in [5.74, 6) is 2.59. The van der Waals surface area contributed by atoms with Crippen molar-refractivity contribution in [1.82, 2.24) is 4.98 Å². The topological polar surface area (TPSA) is 36.4 Å². The van der Waals surface area contributed by atoms with Crippen LogP contribution in [-0.2, 0) is 6.61 Å². The summed E-state index contributed by atoms with van der Waals surface area (Å²) >= 11 is 0. The number of hydrogen-bond donors (Lipinski definition) is 1. The van der Waals surface area contributed by atoms with Crippen LogP contribution in [0, 0.1) is 18.8 Å². The van der Waals surface area contributed by atoms with Gasteiger partial charge in [-0.1, -0.05) is 19.9 Å². The Morgan fingerprint density at radius 3 is 2.76 bits per heavy atom. The van der Waals surface area contributed by atoms with Crippen LogP contribution in [0.15, 0.2) is 12.1 Å². The highest BCUT2D eigenvalue weighted by Gasteiger charge is 2.25. The van der Waals surface area contributed by atoms with Crippen molar-refractivity contribution in [3.05, 3.63) is 23.4 Å². The van der Waals surface area contributed by atoms with Crippen LogP contribution in [-0.4, -0.2) is 23.2 Å². The summed E-state index contributed by atoms with van der Waals surface area (Å²) in [6.07, 6.45) is 1.26. The van der Waals surface area contributed by atoms with Gasteiger partial charge in [0.15, 0.2) is 0 Å². The molecule has 1 aromatic heterocycles. The van der Waals surface area contributed by atoms with E-state index in [1.54, 1.807) is 0 Å². The fraction of sp³-hybridized carbons (Fsp3) is 0.643. The smallest absolute Gasteiger partial charge is 0.128 e. The van der Waals surface area contributed by atoms with Crippen LogP contribution in [0.25, 0.3) is 0 Å². The number of pyridine rings is 1. The van der Waals surface area contributed by atoms with Crippen molar-refractivity contribution in [2.45, 2.75) is 33.8 Å². The Hall–Kier alpha value is -1.09. The molecule has 1 saturated heterocycles. The Bertz CT molecular complexity index is 390. The van der Waals surface area contributed by atoms with Crippen molar-refractivity contribution in [3.63, 3.8) is 0 Å². The van der Waals surface area contributed by atoms with Crippen molar-refractivity contribution >= 4 is 5.82 Å². The highest BCUT2D eigenvalue weighted by atomic mass is 16.3. The zero-order valence-corrected chi connectivity index (χ0v) is 11.0. The summed E-state index contributed by atoms with van der Waals surface area (Å²) in [6.45, 7) is 8.85. The molecule has 1 atom stereocenters. The molecule has 1 fully saturated rings. The SMILES string of the molecule is Cc1nc(N2CCC(C(C)C)C2)ccc1CO. The molecule has 0 spiro atoms. The van der Waals surface area contributed by atoms with Gasteiger partial charge in [0.2, 0.25) is 0 Å². The van der Waals surface area contributed by atoms with Crippen LogP contribution in [0.1, 0.15) is 31.5 Å². The third-order valence-corrected chi connectivity index (χ3v) is 3.84. The molecule has 0 radical (unpaired) electrons. The molecular weight excluding hydrogens is 212 g/mol. The van der Waals surface area contributed by atoms with Crippen molar-refractivity contribution in [3.8, 4) is 0 Å². The second-order valence-electron chi connectivity index (χ2n) is 5.31. The van der Waals surface area contributed by atoms with Crippen LogP contribution in [0.3, 0.4) is 0 Å². The number of aliphatic hydroxyl groups is 1. The molecular formula is C14H22N2O. The Balaban J connectivity index is 2.11. The molecule has 1 aromatic rings. The average molecular weight is 234 g/mol. The van der Waals surface area contributed by atoms with Crippen LogP contribution >= 0.6 is 0 Å². The molecule has 0 bridgehead atoms. The first kappa shape index (κ1) is 12.4. The lowest BCUT2D eigenvalue weighted by molar-refractivity contribution is 0.280. The van der Waals surface area contributed by atoms with Crippen LogP contribution in [0.4, 0.5) is 5.82 Å². The molecule has 94 valence electrons. The van der Waals surface area contributed by atoms with Gasteiger partial charge in [-0.05, 0) is 36.8 Å². The van der Waals surface area contributed by atoms with E-state index in [4.69, 9.17) is 5.11 Å². The van der Waals surface area contributed by atoms with E-state index in [1.165, 1.54) is 6.42 Å². The minimum atomic E-state index is 0.0771. The second kappa shape index (κ2) is 5.05. The first-order chi connectivity index (χ1) is 8.11. The lowest BCUT2D eigenvalue weighted by Gasteiger charge is -2.20. The summed E-state index contributed by atoms with van der Waals surface area (Å²) in [5.41, 5.74) is 1.87. The first-order valence-electron chi connectivity index (χ1n) is 6.44. The molecule has 3 heteroatoms. The van der Waals surface area contributed by atoms with E-state index < -0.39 is 0 Å². The maximum absolute atomic E-state index is 9.14. The van der Waals surface area contributed by atoms with E-state index >= 15 is 0 Å². The highest BCUT2D eigenvalue weighted by Crippen LogP contribution is 2.27. The van der Waals surface area contributed by atoms with Gasteiger partial charge in [-0.3, -0.25) is 0 Å². The van der Waals surface area contributed by atoms with Gasteiger partial charge in [0.05, 0.1) is 6.61 Å². The third-order valence-electron chi connectivity index (χ3n) is 3.84. The molecule has 1 aliphatic rings. The highest BCUT2D eigenvalue weighted by molar-refractivity contribution is 5.42. The van der Waals surface area contributed by atoms with E-state index in [0.29, 0.717) is 0 Å². The molecule has 1 N–H and O–H groups in total. The molecule has 0 aromatic carbocycles. The molecule has 0 amide bonds. The van der Waals surface area contributed by atoms with Gasteiger partial charge in [-0.15, -0.1) is 0 Å². The fourth-order valence-electron chi connectivity index (χ4n) is 2.46. The Labute approximate surface area is 103 Å². The Morgan fingerprint density at radius 2 is 2.24 bits per heavy atom. The number of hydrogen-bond acceptors (Lipinski definition) is 3. The summed E-state index contributed by atoms with van der Waals surface area (Å²) in [4.78, 5) is 6.95. The summed E-state index contributed by atoms with van der Waals surface area (Å²) in [6, 6.07) is 4.02. The molecule has 1 aliphatic heterocycles. The molecule has 3 nitrogen and oxygen atoms in total. The predicted molar refractivity (Wildman–Crippen MR) is 70.1 cm³/mol. The summed E-state index contributed by atoms with van der Waals surface area (Å²) < 4.78 is 0. The normalized spacial score (nSPS) is 20.3. The lowest BCUT2D eigenvalue weighted by Crippen LogP contribution is -2.22. The van der Waals surface area contributed by atoms with Gasteiger partial charge in [0.1, 0.15) is 5.82 Å². The quantitative estimate of drug-likeness (QED) is 0.872. The number of aromatic nitrogens is 1. The standard InChI is InChI=1S/C14H22N2O/c1-10(2)12-6-7-16(8-12)14-5-4-13(9-17)11(3)15-14/h4-5,10,12,17H,6-9H2,1-3H3. The van der Waals surface area contributed by atoms with E-state index in [2.05, 4.69) is 23.7 Å². The number of aryl methyl sites for hydroxylation is 1. The molecule has 2 rings (SSSR count). The van der Waals surface area contributed by atoms with Crippen LogP contribution in [0.5, 0.6) is 0 Å². The van der Waals surface area contributed by atoms with Gasteiger partial charge < -0.3 is 10.0 Å². The van der Waals surface area contributed by atoms with E-state index in [-0.39, 0.29) is 6.61 Å². The number of aliphatic hydroxyl groups excluding tert-OH is 1. The number of nitrogens with zero attached hydrogens (tertiary/aromatic N) is 2. The zero-order chi connectivity index (χ0) is 12.4. The van der Waals surface area contributed by atoms with Crippen molar-refractivity contribution in [2.24, 2.45) is 11.8 Å². The third kappa shape index (κ3) is 2.60. The van der Waals surface area contributed by atoms with Crippen molar-refractivity contribution in [2.75, 3.05) is 18.0 Å². The minimum absolute atomic E-state index is 0.0771. The first-order valence-corrected chi connectivity index (χ1v) is 6.44. The van der Waals surface area contributed by atoms with Crippen LogP contribution in [0.2, 0.25) is 0 Å². The predicted octanol–water partition coefficient (Wildman–Crippen LogP) is 2.36. The van der Waals surface area contributed by atoms with Crippen LogP contribution < -0.4 is 4.90 Å². The average Bonchev–Trinajstić information content (AvgIpc) is 2.78.